The molecule has 2 aromatic heterocycles. The second kappa shape index (κ2) is 8.45. The van der Waals surface area contributed by atoms with Gasteiger partial charge in [0.1, 0.15) is 17.4 Å². The fraction of sp³-hybridized carbons (Fsp3) is 0.435. The number of piperidine rings is 1. The average Bonchev–Trinajstić information content (AvgIpc) is 3.06. The molecule has 164 valence electrons. The van der Waals surface area contributed by atoms with E-state index < -0.39 is 0 Å². The van der Waals surface area contributed by atoms with E-state index in [9.17, 15) is 4.79 Å². The van der Waals surface area contributed by atoms with Crippen LogP contribution >= 0.6 is 0 Å². The van der Waals surface area contributed by atoms with Gasteiger partial charge in [-0.15, -0.1) is 0 Å². The summed E-state index contributed by atoms with van der Waals surface area (Å²) < 4.78 is 16.4. The number of amides is 1. The van der Waals surface area contributed by atoms with Crippen molar-refractivity contribution in [2.75, 3.05) is 37.5 Å². The zero-order valence-corrected chi connectivity index (χ0v) is 18.6. The van der Waals surface area contributed by atoms with E-state index in [-0.39, 0.29) is 11.8 Å². The van der Waals surface area contributed by atoms with Gasteiger partial charge in [0, 0.05) is 30.4 Å². The number of hydrogen-bond donors (Lipinski definition) is 1. The fourth-order valence-corrected chi connectivity index (χ4v) is 4.10. The number of carbonyl (C=O) groups excluding carboxylic acids is 1. The van der Waals surface area contributed by atoms with Crippen LogP contribution in [-0.2, 0) is 4.79 Å². The first-order chi connectivity index (χ1) is 14.9. The van der Waals surface area contributed by atoms with Crippen LogP contribution in [-0.4, -0.2) is 43.2 Å². The van der Waals surface area contributed by atoms with Crippen molar-refractivity contribution in [2.45, 2.75) is 33.6 Å². The number of hydrogen-bond acceptors (Lipinski definition) is 7. The molecule has 0 spiro atoms. The van der Waals surface area contributed by atoms with Crippen molar-refractivity contribution in [1.29, 1.82) is 0 Å². The molecule has 3 aromatic rings. The molecule has 0 saturated carbocycles. The minimum atomic E-state index is -0.152. The molecule has 31 heavy (non-hydrogen) atoms. The Morgan fingerprint density at radius 3 is 2.68 bits per heavy atom. The SMILES string of the molecule is COc1ccc(NC(=O)[C@@H]2CCCN(c3nc(C)nc4oc(C)c(C)c34)C2)cc1OC. The predicted octanol–water partition coefficient (Wildman–Crippen LogP) is 4.02. The third-order valence-electron chi connectivity index (χ3n) is 5.86. The molecule has 1 saturated heterocycles. The number of ether oxygens (including phenoxy) is 2. The molecule has 1 aliphatic heterocycles. The third-order valence-corrected chi connectivity index (χ3v) is 5.86. The number of carbonyl (C=O) groups is 1. The fourth-order valence-electron chi connectivity index (χ4n) is 4.10. The van der Waals surface area contributed by atoms with E-state index in [1.54, 1.807) is 26.4 Å². The van der Waals surface area contributed by atoms with Gasteiger partial charge < -0.3 is 24.1 Å². The summed E-state index contributed by atoms with van der Waals surface area (Å²) >= 11 is 0. The van der Waals surface area contributed by atoms with Gasteiger partial charge in [0.2, 0.25) is 11.6 Å². The number of nitrogens with one attached hydrogen (secondary N) is 1. The van der Waals surface area contributed by atoms with Gasteiger partial charge in [0.05, 0.1) is 25.5 Å². The minimum Gasteiger partial charge on any atom is -0.493 e. The first-order valence-electron chi connectivity index (χ1n) is 10.4. The molecule has 0 aliphatic carbocycles. The summed E-state index contributed by atoms with van der Waals surface area (Å²) in [7, 11) is 3.16. The lowest BCUT2D eigenvalue weighted by atomic mass is 9.96. The maximum absolute atomic E-state index is 13.0. The molecule has 0 unspecified atom stereocenters. The molecule has 0 radical (unpaired) electrons. The van der Waals surface area contributed by atoms with Crippen LogP contribution in [0.4, 0.5) is 11.5 Å². The van der Waals surface area contributed by atoms with Gasteiger partial charge in [-0.1, -0.05) is 0 Å². The van der Waals surface area contributed by atoms with Gasteiger partial charge in [-0.2, -0.15) is 4.98 Å². The zero-order valence-electron chi connectivity index (χ0n) is 18.6. The molecule has 1 amide bonds. The van der Waals surface area contributed by atoms with Crippen molar-refractivity contribution >= 4 is 28.5 Å². The number of anilines is 2. The van der Waals surface area contributed by atoms with Gasteiger partial charge in [0.15, 0.2) is 11.5 Å². The second-order valence-corrected chi connectivity index (χ2v) is 7.90. The maximum Gasteiger partial charge on any atom is 0.231 e. The van der Waals surface area contributed by atoms with E-state index >= 15 is 0 Å². The van der Waals surface area contributed by atoms with Crippen LogP contribution in [0.5, 0.6) is 11.5 Å². The maximum atomic E-state index is 13.0. The minimum absolute atomic E-state index is 0.0148. The molecule has 1 fully saturated rings. The van der Waals surface area contributed by atoms with Crippen molar-refractivity contribution in [3.05, 3.63) is 35.3 Å². The quantitative estimate of drug-likeness (QED) is 0.662. The summed E-state index contributed by atoms with van der Waals surface area (Å²) in [6, 6.07) is 5.37. The molecule has 8 nitrogen and oxygen atoms in total. The Labute approximate surface area is 181 Å². The Bertz CT molecular complexity index is 1120. The van der Waals surface area contributed by atoms with Crippen LogP contribution in [0.3, 0.4) is 0 Å². The van der Waals surface area contributed by atoms with E-state index in [1.165, 1.54) is 0 Å². The summed E-state index contributed by atoms with van der Waals surface area (Å²) in [6.45, 7) is 7.26. The molecule has 3 heterocycles. The van der Waals surface area contributed by atoms with Crippen LogP contribution in [0, 0.1) is 26.7 Å². The van der Waals surface area contributed by atoms with E-state index in [1.807, 2.05) is 26.8 Å². The molecule has 1 aliphatic rings. The van der Waals surface area contributed by atoms with Gasteiger partial charge in [-0.3, -0.25) is 4.79 Å². The van der Waals surface area contributed by atoms with Gasteiger partial charge in [-0.25, -0.2) is 4.98 Å². The Kier molecular flexibility index (Phi) is 5.71. The lowest BCUT2D eigenvalue weighted by Crippen LogP contribution is -2.41. The number of methoxy groups -OCH3 is 2. The number of nitrogens with zero attached hydrogens (tertiary/aromatic N) is 3. The summed E-state index contributed by atoms with van der Waals surface area (Å²) in [6.07, 6.45) is 1.73. The summed E-state index contributed by atoms with van der Waals surface area (Å²) in [5, 5.41) is 3.96. The van der Waals surface area contributed by atoms with Gasteiger partial charge >= 0.3 is 0 Å². The molecule has 0 bridgehead atoms. The van der Waals surface area contributed by atoms with Crippen LogP contribution in [0.1, 0.15) is 30.0 Å². The van der Waals surface area contributed by atoms with E-state index in [0.717, 1.165) is 41.9 Å². The lowest BCUT2D eigenvalue weighted by molar-refractivity contribution is -0.120. The van der Waals surface area contributed by atoms with Crippen molar-refractivity contribution in [3.63, 3.8) is 0 Å². The van der Waals surface area contributed by atoms with Crippen LogP contribution in [0.15, 0.2) is 22.6 Å². The van der Waals surface area contributed by atoms with Crippen LogP contribution < -0.4 is 19.7 Å². The molecule has 1 atom stereocenters. The first-order valence-corrected chi connectivity index (χ1v) is 10.4. The molecule has 8 heteroatoms. The van der Waals surface area contributed by atoms with Crippen molar-refractivity contribution < 1.29 is 18.7 Å². The van der Waals surface area contributed by atoms with E-state index in [2.05, 4.69) is 15.2 Å². The summed E-state index contributed by atoms with van der Waals surface area (Å²) in [5.41, 5.74) is 2.33. The molecule has 1 N–H and O–H groups in total. The largest absolute Gasteiger partial charge is 0.493 e. The van der Waals surface area contributed by atoms with Crippen molar-refractivity contribution in [1.82, 2.24) is 9.97 Å². The highest BCUT2D eigenvalue weighted by Crippen LogP contribution is 2.34. The molecule has 1 aromatic carbocycles. The number of furan rings is 1. The lowest BCUT2D eigenvalue weighted by Gasteiger charge is -2.33. The monoisotopic (exact) mass is 424 g/mol. The number of aryl methyl sites for hydroxylation is 3. The molecular formula is C23H28N4O4. The Hall–Kier alpha value is -3.29. The second-order valence-electron chi connectivity index (χ2n) is 7.90. The summed E-state index contributed by atoms with van der Waals surface area (Å²) in [4.78, 5) is 24.4. The highest BCUT2D eigenvalue weighted by atomic mass is 16.5. The molecular weight excluding hydrogens is 396 g/mol. The highest BCUT2D eigenvalue weighted by molar-refractivity contribution is 5.94. The van der Waals surface area contributed by atoms with Crippen molar-refractivity contribution in [3.8, 4) is 11.5 Å². The number of fused-ring (bicyclic) bond motifs is 1. The van der Waals surface area contributed by atoms with Crippen molar-refractivity contribution in [2.24, 2.45) is 5.92 Å². The van der Waals surface area contributed by atoms with E-state index in [0.29, 0.717) is 35.3 Å². The first kappa shape index (κ1) is 21.0. The van der Waals surface area contributed by atoms with Crippen LogP contribution in [0.2, 0.25) is 0 Å². The number of aromatic nitrogens is 2. The molecule has 4 rings (SSSR count). The predicted molar refractivity (Wildman–Crippen MR) is 119 cm³/mol. The Morgan fingerprint density at radius 1 is 1.16 bits per heavy atom. The highest BCUT2D eigenvalue weighted by Gasteiger charge is 2.29. The number of benzene rings is 1. The van der Waals surface area contributed by atoms with E-state index in [4.69, 9.17) is 18.9 Å². The Morgan fingerprint density at radius 2 is 1.94 bits per heavy atom. The van der Waals surface area contributed by atoms with Gasteiger partial charge in [0.25, 0.3) is 0 Å². The summed E-state index contributed by atoms with van der Waals surface area (Å²) in [5.74, 6) is 3.39. The third kappa shape index (κ3) is 4.02. The smallest absolute Gasteiger partial charge is 0.231 e. The zero-order chi connectivity index (χ0) is 22.1. The average molecular weight is 425 g/mol. The Balaban J connectivity index is 1.55. The normalized spacial score (nSPS) is 16.4. The number of rotatable bonds is 5. The topological polar surface area (TPSA) is 89.7 Å². The van der Waals surface area contributed by atoms with Gasteiger partial charge in [-0.05, 0) is 45.7 Å². The standard InChI is InChI=1S/C23H28N4O4/c1-13-14(2)31-23-20(13)21(24-15(3)25-23)27-10-6-7-16(12-27)22(28)26-17-8-9-18(29-4)19(11-17)30-5/h8-9,11,16H,6-7,10,12H2,1-5H3,(H,26,28)/t16-/m1/s1. The van der Waals surface area contributed by atoms with Crippen LogP contribution in [0.25, 0.3) is 11.1 Å².